The van der Waals surface area contributed by atoms with Gasteiger partial charge < -0.3 is 25.0 Å². The van der Waals surface area contributed by atoms with Crippen LogP contribution < -0.4 is 20.1 Å². The summed E-state index contributed by atoms with van der Waals surface area (Å²) in [6, 6.07) is 11.9. The summed E-state index contributed by atoms with van der Waals surface area (Å²) in [6.07, 6.45) is 3.91. The number of methoxy groups -OCH3 is 2. The smallest absolute Gasteiger partial charge is 0.319 e. The Morgan fingerprint density at radius 1 is 1.16 bits per heavy atom. The number of rotatable bonds is 5. The minimum atomic E-state index is -0.224. The molecule has 0 radical (unpaired) electrons. The van der Waals surface area contributed by atoms with Crippen LogP contribution in [-0.4, -0.2) is 50.8 Å². The van der Waals surface area contributed by atoms with Crippen molar-refractivity contribution in [3.8, 4) is 11.5 Å². The summed E-state index contributed by atoms with van der Waals surface area (Å²) < 4.78 is 11.9. The molecule has 172 valence electrons. The average Bonchev–Trinajstić information content (AvgIpc) is 3.12. The van der Waals surface area contributed by atoms with E-state index in [1.807, 2.05) is 12.1 Å². The number of benzene rings is 2. The molecule has 1 saturated carbocycles. The Bertz CT molecular complexity index is 1000. The van der Waals surface area contributed by atoms with Crippen LogP contribution >= 0.6 is 27.5 Å². The number of nitrogens with zero attached hydrogens (tertiary/aromatic N) is 1. The first-order valence-electron chi connectivity index (χ1n) is 10.8. The molecule has 8 heteroatoms. The number of nitrogens with one attached hydrogen (secondary N) is 2. The lowest BCUT2D eigenvalue weighted by Gasteiger charge is -2.45. The molecule has 1 saturated heterocycles. The van der Waals surface area contributed by atoms with Gasteiger partial charge in [-0.15, -0.1) is 0 Å². The van der Waals surface area contributed by atoms with Gasteiger partial charge in [0.05, 0.1) is 24.9 Å². The minimum Gasteiger partial charge on any atom is -0.493 e. The van der Waals surface area contributed by atoms with Crippen molar-refractivity contribution >= 4 is 39.2 Å². The highest BCUT2D eigenvalue weighted by molar-refractivity contribution is 9.10. The summed E-state index contributed by atoms with van der Waals surface area (Å²) in [5, 5.41) is 6.54. The van der Waals surface area contributed by atoms with Crippen LogP contribution in [0.1, 0.15) is 31.2 Å². The molecule has 1 aliphatic heterocycles. The molecule has 32 heavy (non-hydrogen) atoms. The monoisotopic (exact) mass is 521 g/mol. The highest BCUT2D eigenvalue weighted by Crippen LogP contribution is 2.49. The van der Waals surface area contributed by atoms with Crippen molar-refractivity contribution in [2.45, 2.75) is 43.2 Å². The van der Waals surface area contributed by atoms with E-state index in [4.69, 9.17) is 21.1 Å². The topological polar surface area (TPSA) is 62.8 Å². The number of amides is 2. The average molecular weight is 523 g/mol. The summed E-state index contributed by atoms with van der Waals surface area (Å²) >= 11 is 9.63. The summed E-state index contributed by atoms with van der Waals surface area (Å²) in [5.74, 6) is 1.51. The van der Waals surface area contributed by atoms with Crippen molar-refractivity contribution in [2.24, 2.45) is 0 Å². The van der Waals surface area contributed by atoms with E-state index in [1.54, 1.807) is 26.4 Å². The van der Waals surface area contributed by atoms with Crippen molar-refractivity contribution in [1.82, 2.24) is 10.2 Å². The number of hydrogen-bond acceptors (Lipinski definition) is 4. The van der Waals surface area contributed by atoms with Crippen molar-refractivity contribution in [3.05, 3.63) is 51.5 Å². The molecule has 0 bridgehead atoms. The van der Waals surface area contributed by atoms with Gasteiger partial charge in [-0.1, -0.05) is 33.6 Å². The fourth-order valence-electron chi connectivity index (χ4n) is 5.33. The third-order valence-corrected chi connectivity index (χ3v) is 7.81. The Labute approximate surface area is 202 Å². The summed E-state index contributed by atoms with van der Waals surface area (Å²) in [7, 11) is 5.51. The molecule has 2 amide bonds. The lowest BCUT2D eigenvalue weighted by atomic mass is 9.65. The number of halogens is 2. The van der Waals surface area contributed by atoms with Crippen molar-refractivity contribution in [3.63, 3.8) is 0 Å². The van der Waals surface area contributed by atoms with E-state index in [0.717, 1.165) is 48.2 Å². The zero-order valence-electron chi connectivity index (χ0n) is 18.6. The number of ether oxygens (including phenoxy) is 2. The number of likely N-dealkylation sites (tertiary alicyclic amines) is 1. The van der Waals surface area contributed by atoms with E-state index < -0.39 is 0 Å². The number of carbonyl (C=O) groups excluding carboxylic acids is 1. The molecule has 2 aliphatic rings. The van der Waals surface area contributed by atoms with Gasteiger partial charge in [-0.2, -0.15) is 0 Å². The number of carbonyl (C=O) groups is 1. The number of anilines is 1. The zero-order chi connectivity index (χ0) is 22.9. The van der Waals surface area contributed by atoms with Gasteiger partial charge in [0.2, 0.25) is 0 Å². The number of hydrogen-bond donors (Lipinski definition) is 2. The SMILES string of the molecule is COc1ccc([C@@]23CC[C@H](NC(=O)Nc4ccc(Br)cc4Cl)C[C@H]2N(C)CC3)cc1OC. The van der Waals surface area contributed by atoms with Crippen LogP contribution in [0.2, 0.25) is 5.02 Å². The van der Waals surface area contributed by atoms with Crippen LogP contribution in [0.25, 0.3) is 0 Å². The second-order valence-corrected chi connectivity index (χ2v) is 9.99. The molecule has 2 N–H and O–H groups in total. The van der Waals surface area contributed by atoms with Crippen LogP contribution in [-0.2, 0) is 5.41 Å². The lowest BCUT2D eigenvalue weighted by Crippen LogP contribution is -2.52. The molecule has 1 aliphatic carbocycles. The van der Waals surface area contributed by atoms with E-state index >= 15 is 0 Å². The Morgan fingerprint density at radius 2 is 1.94 bits per heavy atom. The van der Waals surface area contributed by atoms with Gasteiger partial charge in [0.1, 0.15) is 0 Å². The fraction of sp³-hybridized carbons (Fsp3) is 0.458. The quantitative estimate of drug-likeness (QED) is 0.549. The maximum absolute atomic E-state index is 12.7. The number of fused-ring (bicyclic) bond motifs is 1. The Hall–Kier alpha value is -1.96. The van der Waals surface area contributed by atoms with Gasteiger partial charge in [0.25, 0.3) is 0 Å². The molecule has 0 spiro atoms. The number of likely N-dealkylation sites (N-methyl/N-ethyl adjacent to an activating group) is 1. The second kappa shape index (κ2) is 9.49. The normalized spacial score (nSPS) is 25.2. The van der Waals surface area contributed by atoms with E-state index in [-0.39, 0.29) is 17.5 Å². The van der Waals surface area contributed by atoms with Gasteiger partial charge in [-0.3, -0.25) is 0 Å². The van der Waals surface area contributed by atoms with Crippen molar-refractivity contribution in [1.29, 1.82) is 0 Å². The molecule has 4 rings (SSSR count). The van der Waals surface area contributed by atoms with Gasteiger partial charge in [0.15, 0.2) is 11.5 Å². The molecule has 3 atom stereocenters. The molecule has 2 aromatic rings. The lowest BCUT2D eigenvalue weighted by molar-refractivity contribution is 0.156. The van der Waals surface area contributed by atoms with E-state index in [1.165, 1.54) is 5.56 Å². The van der Waals surface area contributed by atoms with E-state index in [2.05, 4.69) is 50.6 Å². The van der Waals surface area contributed by atoms with Gasteiger partial charge in [-0.05, 0) is 75.2 Å². The fourth-order valence-corrected chi connectivity index (χ4v) is 6.05. The van der Waals surface area contributed by atoms with E-state index in [0.29, 0.717) is 16.8 Å². The van der Waals surface area contributed by atoms with Crippen LogP contribution in [0, 0.1) is 0 Å². The second-order valence-electron chi connectivity index (χ2n) is 8.67. The van der Waals surface area contributed by atoms with E-state index in [9.17, 15) is 4.79 Å². The third-order valence-electron chi connectivity index (χ3n) is 7.00. The Kier molecular flexibility index (Phi) is 6.89. The summed E-state index contributed by atoms with van der Waals surface area (Å²) in [6.45, 7) is 1.03. The predicted octanol–water partition coefficient (Wildman–Crippen LogP) is 5.44. The van der Waals surface area contributed by atoms with Crippen molar-refractivity contribution in [2.75, 3.05) is 33.1 Å². The predicted molar refractivity (Wildman–Crippen MR) is 131 cm³/mol. The maximum Gasteiger partial charge on any atom is 0.319 e. The molecule has 1 heterocycles. The summed E-state index contributed by atoms with van der Waals surface area (Å²) in [5.41, 5.74) is 1.94. The molecule has 2 aromatic carbocycles. The van der Waals surface area contributed by atoms with Gasteiger partial charge in [-0.25, -0.2) is 4.79 Å². The Morgan fingerprint density at radius 3 is 2.66 bits per heavy atom. The molecular formula is C24H29BrClN3O3. The van der Waals surface area contributed by atoms with Crippen LogP contribution in [0.4, 0.5) is 10.5 Å². The molecule has 6 nitrogen and oxygen atoms in total. The zero-order valence-corrected chi connectivity index (χ0v) is 20.9. The van der Waals surface area contributed by atoms with Crippen LogP contribution in [0.5, 0.6) is 11.5 Å². The molecule has 0 unspecified atom stereocenters. The van der Waals surface area contributed by atoms with Crippen LogP contribution in [0.3, 0.4) is 0 Å². The first-order chi connectivity index (χ1) is 15.4. The van der Waals surface area contributed by atoms with Crippen LogP contribution in [0.15, 0.2) is 40.9 Å². The summed E-state index contributed by atoms with van der Waals surface area (Å²) in [4.78, 5) is 15.1. The van der Waals surface area contributed by atoms with Crippen molar-refractivity contribution < 1.29 is 14.3 Å². The maximum atomic E-state index is 12.7. The number of urea groups is 1. The molecular weight excluding hydrogens is 494 g/mol. The van der Waals surface area contributed by atoms with Gasteiger partial charge >= 0.3 is 6.03 Å². The highest BCUT2D eigenvalue weighted by Gasteiger charge is 2.50. The molecule has 2 fully saturated rings. The largest absolute Gasteiger partial charge is 0.493 e. The third kappa shape index (κ3) is 4.43. The Balaban J connectivity index is 1.48. The standard InChI is InChI=1S/C24H29BrClN3O3/c1-29-11-10-24(15-4-7-20(31-2)21(12-15)32-3)9-8-17(14-22(24)29)27-23(30)28-19-6-5-16(25)13-18(19)26/h4-7,12-13,17,22H,8-11,14H2,1-3H3,(H2,27,28,30)/t17-,22+,24-/m0/s1. The minimum absolute atomic E-state index is 0.0535. The highest BCUT2D eigenvalue weighted by atomic mass is 79.9. The first-order valence-corrected chi connectivity index (χ1v) is 12.0. The first kappa shape index (κ1) is 23.2. The van der Waals surface area contributed by atoms with Gasteiger partial charge in [0, 0.05) is 22.0 Å². The molecule has 0 aromatic heterocycles.